The van der Waals surface area contributed by atoms with Gasteiger partial charge < -0.3 is 10.6 Å². The predicted molar refractivity (Wildman–Crippen MR) is 67.6 cm³/mol. The molecule has 0 radical (unpaired) electrons. The minimum absolute atomic E-state index is 0. The number of hydrogen-bond acceptors (Lipinski definition) is 3. The van der Waals surface area contributed by atoms with Crippen LogP contribution < -0.4 is 10.6 Å². The highest BCUT2D eigenvalue weighted by Gasteiger charge is 2.13. The summed E-state index contributed by atoms with van der Waals surface area (Å²) in [6.07, 6.45) is 0. The number of amides is 1. The minimum Gasteiger partial charge on any atom is -0.350 e. The van der Waals surface area contributed by atoms with Crippen molar-refractivity contribution in [2.24, 2.45) is 0 Å². The Morgan fingerprint density at radius 3 is 2.67 bits per heavy atom. The van der Waals surface area contributed by atoms with Gasteiger partial charge in [-0.05, 0) is 24.9 Å². The summed E-state index contributed by atoms with van der Waals surface area (Å²) in [6.45, 7) is 3.26. The minimum atomic E-state index is -0.0941. The number of carbonyl (C=O) groups excluding carboxylic acids is 1. The van der Waals surface area contributed by atoms with E-state index in [1.807, 2.05) is 19.4 Å². The Labute approximate surface area is 105 Å². The topological polar surface area (TPSA) is 41.1 Å². The molecule has 1 aromatic rings. The number of thiophene rings is 1. The number of aryl methyl sites for hydroxylation is 1. The molecular weight excluding hydrogens is 255 g/mol. The van der Waals surface area contributed by atoms with Crippen LogP contribution in [0.5, 0.6) is 0 Å². The molecule has 0 bridgehead atoms. The third-order valence-electron chi connectivity index (χ3n) is 1.77. The van der Waals surface area contributed by atoms with E-state index in [1.165, 1.54) is 11.3 Å². The number of rotatable bonds is 4. The van der Waals surface area contributed by atoms with Crippen molar-refractivity contribution in [1.29, 1.82) is 0 Å². The molecule has 1 amide bonds. The van der Waals surface area contributed by atoms with Gasteiger partial charge in [0.15, 0.2) is 0 Å². The highest BCUT2D eigenvalue weighted by molar-refractivity contribution is 7.13. The van der Waals surface area contributed by atoms with Gasteiger partial charge in [0.05, 0.1) is 5.02 Å². The average Bonchev–Trinajstić information content (AvgIpc) is 2.48. The lowest BCUT2D eigenvalue weighted by atomic mass is 10.3. The van der Waals surface area contributed by atoms with Crippen LogP contribution in [-0.2, 0) is 0 Å². The summed E-state index contributed by atoms with van der Waals surface area (Å²) in [6, 6.07) is 0. The molecule has 1 heterocycles. The van der Waals surface area contributed by atoms with Gasteiger partial charge in [0.25, 0.3) is 5.91 Å². The molecule has 0 atom stereocenters. The summed E-state index contributed by atoms with van der Waals surface area (Å²) >= 11 is 7.33. The summed E-state index contributed by atoms with van der Waals surface area (Å²) in [5.74, 6) is -0.0941. The van der Waals surface area contributed by atoms with Crippen LogP contribution in [0.25, 0.3) is 0 Å². The van der Waals surface area contributed by atoms with Gasteiger partial charge in [-0.2, -0.15) is 0 Å². The molecule has 0 aliphatic carbocycles. The van der Waals surface area contributed by atoms with E-state index in [9.17, 15) is 4.79 Å². The normalized spacial score (nSPS) is 9.53. The van der Waals surface area contributed by atoms with E-state index in [4.69, 9.17) is 11.6 Å². The monoisotopic (exact) mass is 268 g/mol. The fourth-order valence-corrected chi connectivity index (χ4v) is 2.16. The van der Waals surface area contributed by atoms with Crippen molar-refractivity contribution in [2.45, 2.75) is 6.92 Å². The summed E-state index contributed by atoms with van der Waals surface area (Å²) < 4.78 is 0. The lowest BCUT2D eigenvalue weighted by Crippen LogP contribution is -2.30. The molecule has 1 rings (SSSR count). The highest BCUT2D eigenvalue weighted by Crippen LogP contribution is 2.26. The van der Waals surface area contributed by atoms with E-state index in [-0.39, 0.29) is 18.3 Å². The van der Waals surface area contributed by atoms with Crippen molar-refractivity contribution in [2.75, 3.05) is 20.1 Å². The largest absolute Gasteiger partial charge is 0.350 e. The first kappa shape index (κ1) is 14.7. The average molecular weight is 269 g/mol. The Morgan fingerprint density at radius 1 is 1.53 bits per heavy atom. The zero-order valence-electron chi connectivity index (χ0n) is 8.59. The Kier molecular flexibility index (Phi) is 6.92. The van der Waals surface area contributed by atoms with Gasteiger partial charge in [0.1, 0.15) is 4.88 Å². The molecule has 0 aliphatic rings. The van der Waals surface area contributed by atoms with Crippen LogP contribution in [-0.4, -0.2) is 26.0 Å². The number of halogens is 2. The molecule has 15 heavy (non-hydrogen) atoms. The van der Waals surface area contributed by atoms with Gasteiger partial charge >= 0.3 is 0 Å². The number of likely N-dealkylation sites (N-methyl/N-ethyl adjacent to an activating group) is 1. The van der Waals surface area contributed by atoms with Crippen LogP contribution in [0.4, 0.5) is 0 Å². The first-order valence-corrected chi connectivity index (χ1v) is 5.59. The van der Waals surface area contributed by atoms with Crippen LogP contribution in [0, 0.1) is 6.92 Å². The SMILES string of the molecule is CNCCNC(=O)c1scc(C)c1Cl.Cl. The molecule has 0 spiro atoms. The quantitative estimate of drug-likeness (QED) is 0.822. The number of hydrogen-bond donors (Lipinski definition) is 2. The second-order valence-electron chi connectivity index (χ2n) is 2.92. The number of carbonyl (C=O) groups is 1. The van der Waals surface area contributed by atoms with Crippen LogP contribution in [0.1, 0.15) is 15.2 Å². The van der Waals surface area contributed by atoms with E-state index < -0.39 is 0 Å². The van der Waals surface area contributed by atoms with Gasteiger partial charge in [-0.3, -0.25) is 4.79 Å². The Bertz CT molecular complexity index is 328. The molecule has 0 saturated heterocycles. The maximum atomic E-state index is 11.5. The van der Waals surface area contributed by atoms with Gasteiger partial charge in [-0.25, -0.2) is 0 Å². The molecule has 0 aromatic carbocycles. The molecule has 1 aromatic heterocycles. The summed E-state index contributed by atoms with van der Waals surface area (Å²) in [5.41, 5.74) is 0.954. The van der Waals surface area contributed by atoms with Crippen LogP contribution in [0.2, 0.25) is 5.02 Å². The standard InChI is InChI=1S/C9H13ClN2OS.ClH/c1-6-5-14-8(7(6)10)9(13)12-4-3-11-2;/h5,11H,3-4H2,1-2H3,(H,12,13);1H. The predicted octanol–water partition coefficient (Wildman–Crippen LogP) is 2.08. The Morgan fingerprint density at radius 2 is 2.20 bits per heavy atom. The molecular formula is C9H14Cl2N2OS. The summed E-state index contributed by atoms with van der Waals surface area (Å²) in [7, 11) is 1.84. The van der Waals surface area contributed by atoms with Gasteiger partial charge in [-0.15, -0.1) is 23.7 Å². The summed E-state index contributed by atoms with van der Waals surface area (Å²) in [4.78, 5) is 12.1. The Hall–Kier alpha value is -0.290. The first-order valence-electron chi connectivity index (χ1n) is 4.33. The van der Waals surface area contributed by atoms with Gasteiger partial charge in [0.2, 0.25) is 0 Å². The number of nitrogens with one attached hydrogen (secondary N) is 2. The first-order chi connectivity index (χ1) is 6.66. The maximum absolute atomic E-state index is 11.5. The van der Waals surface area contributed by atoms with E-state index in [1.54, 1.807) is 0 Å². The van der Waals surface area contributed by atoms with Crippen molar-refractivity contribution in [3.63, 3.8) is 0 Å². The zero-order valence-corrected chi connectivity index (χ0v) is 11.0. The molecule has 0 unspecified atom stereocenters. The van der Waals surface area contributed by atoms with Gasteiger partial charge in [0, 0.05) is 13.1 Å². The zero-order chi connectivity index (χ0) is 10.6. The second kappa shape index (κ2) is 7.06. The van der Waals surface area contributed by atoms with Crippen LogP contribution in [0.3, 0.4) is 0 Å². The van der Waals surface area contributed by atoms with E-state index in [2.05, 4.69) is 10.6 Å². The molecule has 6 heteroatoms. The molecule has 0 aliphatic heterocycles. The molecule has 0 saturated carbocycles. The lowest BCUT2D eigenvalue weighted by Gasteiger charge is -2.02. The van der Waals surface area contributed by atoms with E-state index >= 15 is 0 Å². The van der Waals surface area contributed by atoms with Crippen molar-refractivity contribution in [3.05, 3.63) is 20.8 Å². The molecule has 3 nitrogen and oxygen atoms in total. The third-order valence-corrected chi connectivity index (χ3v) is 3.46. The second-order valence-corrected chi connectivity index (χ2v) is 4.18. The molecule has 86 valence electrons. The fourth-order valence-electron chi connectivity index (χ4n) is 0.964. The smallest absolute Gasteiger partial charge is 0.262 e. The van der Waals surface area contributed by atoms with Crippen molar-refractivity contribution in [3.8, 4) is 0 Å². The van der Waals surface area contributed by atoms with Crippen LogP contribution in [0.15, 0.2) is 5.38 Å². The maximum Gasteiger partial charge on any atom is 0.262 e. The molecule has 2 N–H and O–H groups in total. The molecule has 0 fully saturated rings. The van der Waals surface area contributed by atoms with E-state index in [0.717, 1.165) is 12.1 Å². The van der Waals surface area contributed by atoms with Crippen LogP contribution >= 0.6 is 35.3 Å². The Balaban J connectivity index is 0.00000196. The van der Waals surface area contributed by atoms with Crippen molar-refractivity contribution in [1.82, 2.24) is 10.6 Å². The fraction of sp³-hybridized carbons (Fsp3) is 0.444. The third kappa shape index (κ3) is 3.99. The highest BCUT2D eigenvalue weighted by atomic mass is 35.5. The lowest BCUT2D eigenvalue weighted by molar-refractivity contribution is 0.0958. The van der Waals surface area contributed by atoms with Crippen molar-refractivity contribution >= 4 is 41.3 Å². The van der Waals surface area contributed by atoms with E-state index in [0.29, 0.717) is 16.4 Å². The van der Waals surface area contributed by atoms with Gasteiger partial charge in [-0.1, -0.05) is 11.6 Å². The summed E-state index contributed by atoms with van der Waals surface area (Å²) in [5, 5.41) is 8.18. The van der Waals surface area contributed by atoms with Crippen molar-refractivity contribution < 1.29 is 4.79 Å².